The third kappa shape index (κ3) is 3.86. The lowest BCUT2D eigenvalue weighted by molar-refractivity contribution is 0.0996. The molecule has 0 atom stereocenters. The van der Waals surface area contributed by atoms with Crippen LogP contribution in [0.3, 0.4) is 0 Å². The molecule has 0 aliphatic carbocycles. The summed E-state index contributed by atoms with van der Waals surface area (Å²) >= 11 is 0. The van der Waals surface area contributed by atoms with Crippen molar-refractivity contribution in [1.29, 1.82) is 0 Å². The standard InChI is InChI=1S/C10H11F2NO3S/c1-2-17(15,16)13-6-10(14)7-3-4-8(11)9(12)5-7/h3-5,13H,2,6H2,1H3. The molecule has 1 aromatic carbocycles. The smallest absolute Gasteiger partial charge is 0.211 e. The number of halogens is 2. The van der Waals surface area contributed by atoms with Crippen molar-refractivity contribution in [3.63, 3.8) is 0 Å². The Morgan fingerprint density at radius 2 is 1.94 bits per heavy atom. The largest absolute Gasteiger partial charge is 0.293 e. The van der Waals surface area contributed by atoms with E-state index in [0.29, 0.717) is 0 Å². The van der Waals surface area contributed by atoms with E-state index < -0.39 is 34.0 Å². The van der Waals surface area contributed by atoms with Crippen molar-refractivity contribution in [3.8, 4) is 0 Å². The van der Waals surface area contributed by atoms with Crippen molar-refractivity contribution in [2.24, 2.45) is 0 Å². The van der Waals surface area contributed by atoms with Crippen LogP contribution in [0.5, 0.6) is 0 Å². The average molecular weight is 263 g/mol. The van der Waals surface area contributed by atoms with Gasteiger partial charge in [0, 0.05) is 5.56 Å². The second kappa shape index (κ2) is 5.33. The summed E-state index contributed by atoms with van der Waals surface area (Å²) in [5, 5.41) is 0. The van der Waals surface area contributed by atoms with Crippen LogP contribution in [0, 0.1) is 11.6 Å². The molecule has 1 N–H and O–H groups in total. The van der Waals surface area contributed by atoms with Crippen LogP contribution in [0.2, 0.25) is 0 Å². The van der Waals surface area contributed by atoms with E-state index in [4.69, 9.17) is 0 Å². The summed E-state index contributed by atoms with van der Waals surface area (Å²) in [6.45, 7) is 0.950. The first kappa shape index (κ1) is 13.7. The fraction of sp³-hybridized carbons (Fsp3) is 0.300. The van der Waals surface area contributed by atoms with Gasteiger partial charge in [0.05, 0.1) is 12.3 Å². The Labute approximate surface area is 97.7 Å². The number of carbonyl (C=O) groups excluding carboxylic acids is 1. The zero-order chi connectivity index (χ0) is 13.1. The van der Waals surface area contributed by atoms with Crippen molar-refractivity contribution >= 4 is 15.8 Å². The topological polar surface area (TPSA) is 63.2 Å². The van der Waals surface area contributed by atoms with Gasteiger partial charge in [0.25, 0.3) is 0 Å². The molecule has 0 aliphatic heterocycles. The van der Waals surface area contributed by atoms with Crippen molar-refractivity contribution in [2.45, 2.75) is 6.92 Å². The molecule has 0 aromatic heterocycles. The Balaban J connectivity index is 2.74. The molecule has 1 rings (SSSR count). The van der Waals surface area contributed by atoms with Gasteiger partial charge in [0.15, 0.2) is 17.4 Å². The highest BCUT2D eigenvalue weighted by Crippen LogP contribution is 2.09. The van der Waals surface area contributed by atoms with Crippen molar-refractivity contribution < 1.29 is 22.0 Å². The minimum absolute atomic E-state index is 0.0808. The van der Waals surface area contributed by atoms with Crippen LogP contribution < -0.4 is 4.72 Å². The first-order chi connectivity index (χ1) is 7.85. The molecule has 1 aromatic rings. The van der Waals surface area contributed by atoms with Crippen LogP contribution in [0.25, 0.3) is 0 Å². The zero-order valence-corrected chi connectivity index (χ0v) is 9.85. The van der Waals surface area contributed by atoms with Crippen LogP contribution >= 0.6 is 0 Å². The summed E-state index contributed by atoms with van der Waals surface area (Å²) < 4.78 is 49.6. The van der Waals surface area contributed by atoms with Crippen LogP contribution in [-0.2, 0) is 10.0 Å². The number of carbonyl (C=O) groups is 1. The summed E-state index contributed by atoms with van der Waals surface area (Å²) in [4.78, 5) is 11.5. The van der Waals surface area contributed by atoms with E-state index in [2.05, 4.69) is 0 Å². The third-order valence-electron chi connectivity index (χ3n) is 2.07. The molecule has 0 heterocycles. The maximum Gasteiger partial charge on any atom is 0.211 e. The molecule has 0 unspecified atom stereocenters. The predicted molar refractivity (Wildman–Crippen MR) is 58.2 cm³/mol. The molecule has 0 saturated carbocycles. The predicted octanol–water partition coefficient (Wildman–Crippen LogP) is 1.09. The molecule has 0 saturated heterocycles. The minimum atomic E-state index is -3.48. The first-order valence-electron chi connectivity index (χ1n) is 4.81. The fourth-order valence-electron chi connectivity index (χ4n) is 1.05. The number of Topliss-reactive ketones (excluding diaryl/α,β-unsaturated/α-hetero) is 1. The third-order valence-corrected chi connectivity index (χ3v) is 3.42. The summed E-state index contributed by atoms with van der Waals surface area (Å²) in [6.07, 6.45) is 0. The Morgan fingerprint density at radius 1 is 1.29 bits per heavy atom. The molecule has 0 amide bonds. The Kier molecular flexibility index (Phi) is 4.30. The first-order valence-corrected chi connectivity index (χ1v) is 6.46. The molecule has 7 heteroatoms. The van der Waals surface area contributed by atoms with Gasteiger partial charge in [0.2, 0.25) is 10.0 Å². The summed E-state index contributed by atoms with van der Waals surface area (Å²) in [7, 11) is -3.48. The van der Waals surface area contributed by atoms with Gasteiger partial charge in [-0.1, -0.05) is 0 Å². The molecular weight excluding hydrogens is 252 g/mol. The number of hydrogen-bond acceptors (Lipinski definition) is 3. The molecule has 0 spiro atoms. The molecule has 94 valence electrons. The molecule has 4 nitrogen and oxygen atoms in total. The monoisotopic (exact) mass is 263 g/mol. The number of ketones is 1. The Bertz CT molecular complexity index is 528. The molecular formula is C10H11F2NO3S. The average Bonchev–Trinajstić information content (AvgIpc) is 2.30. The van der Waals surface area contributed by atoms with E-state index in [1.54, 1.807) is 0 Å². The molecule has 0 radical (unpaired) electrons. The van der Waals surface area contributed by atoms with Crippen molar-refractivity contribution in [1.82, 2.24) is 4.72 Å². The van der Waals surface area contributed by atoms with E-state index in [9.17, 15) is 22.0 Å². The van der Waals surface area contributed by atoms with Gasteiger partial charge in [-0.15, -0.1) is 0 Å². The molecule has 0 bridgehead atoms. The van der Waals surface area contributed by atoms with E-state index in [0.717, 1.165) is 18.2 Å². The highest BCUT2D eigenvalue weighted by molar-refractivity contribution is 7.89. The van der Waals surface area contributed by atoms with Gasteiger partial charge in [0.1, 0.15) is 0 Å². The maximum atomic E-state index is 12.8. The lowest BCUT2D eigenvalue weighted by atomic mass is 10.1. The maximum absolute atomic E-state index is 12.8. The highest BCUT2D eigenvalue weighted by atomic mass is 32.2. The van der Waals surface area contributed by atoms with Gasteiger partial charge >= 0.3 is 0 Å². The van der Waals surface area contributed by atoms with Crippen molar-refractivity contribution in [2.75, 3.05) is 12.3 Å². The quantitative estimate of drug-likeness (QED) is 0.809. The van der Waals surface area contributed by atoms with E-state index in [-0.39, 0.29) is 11.3 Å². The Hall–Kier alpha value is -1.34. The lowest BCUT2D eigenvalue weighted by Gasteiger charge is -2.04. The van der Waals surface area contributed by atoms with Gasteiger partial charge in [-0.25, -0.2) is 21.9 Å². The minimum Gasteiger partial charge on any atom is -0.293 e. The van der Waals surface area contributed by atoms with E-state index in [1.807, 2.05) is 4.72 Å². The number of sulfonamides is 1. The van der Waals surface area contributed by atoms with E-state index >= 15 is 0 Å². The number of hydrogen-bond donors (Lipinski definition) is 1. The van der Waals surface area contributed by atoms with Gasteiger partial charge in [-0.05, 0) is 25.1 Å². The number of benzene rings is 1. The van der Waals surface area contributed by atoms with Crippen LogP contribution in [0.15, 0.2) is 18.2 Å². The normalized spacial score (nSPS) is 11.5. The lowest BCUT2D eigenvalue weighted by Crippen LogP contribution is -2.30. The van der Waals surface area contributed by atoms with Gasteiger partial charge in [-0.2, -0.15) is 0 Å². The summed E-state index contributed by atoms with van der Waals surface area (Å²) in [5.41, 5.74) is -0.0808. The molecule has 0 fully saturated rings. The van der Waals surface area contributed by atoms with Crippen LogP contribution in [0.4, 0.5) is 8.78 Å². The van der Waals surface area contributed by atoms with Crippen LogP contribution in [0.1, 0.15) is 17.3 Å². The second-order valence-electron chi connectivity index (χ2n) is 3.28. The highest BCUT2D eigenvalue weighted by Gasteiger charge is 2.13. The van der Waals surface area contributed by atoms with Gasteiger partial charge < -0.3 is 0 Å². The van der Waals surface area contributed by atoms with E-state index in [1.165, 1.54) is 6.92 Å². The van der Waals surface area contributed by atoms with Crippen molar-refractivity contribution in [3.05, 3.63) is 35.4 Å². The van der Waals surface area contributed by atoms with Crippen LogP contribution in [-0.4, -0.2) is 26.5 Å². The summed E-state index contributed by atoms with van der Waals surface area (Å²) in [6, 6.07) is 2.65. The number of nitrogens with one attached hydrogen (secondary N) is 1. The van der Waals surface area contributed by atoms with Gasteiger partial charge in [-0.3, -0.25) is 4.79 Å². The molecule has 0 aliphatic rings. The summed E-state index contributed by atoms with van der Waals surface area (Å²) in [5.74, 6) is -2.98. The Morgan fingerprint density at radius 3 is 2.47 bits per heavy atom. The second-order valence-corrected chi connectivity index (χ2v) is 5.37. The SMILES string of the molecule is CCS(=O)(=O)NCC(=O)c1ccc(F)c(F)c1. The fourth-order valence-corrected chi connectivity index (χ4v) is 1.60. The molecule has 17 heavy (non-hydrogen) atoms. The zero-order valence-electron chi connectivity index (χ0n) is 9.04. The number of rotatable bonds is 5.